The molecular weight excluding hydrogens is 372 g/mol. The van der Waals surface area contributed by atoms with E-state index >= 15 is 0 Å². The van der Waals surface area contributed by atoms with Gasteiger partial charge in [0.25, 0.3) is 0 Å². The normalized spacial score (nSPS) is 11.1. The number of para-hydroxylation sites is 4. The molecule has 0 saturated heterocycles. The number of aromatic nitrogens is 4. The molecule has 0 amide bonds. The molecule has 0 spiro atoms. The smallest absolute Gasteiger partial charge is 0.419 e. The van der Waals surface area contributed by atoms with Crippen molar-refractivity contribution in [2.45, 2.75) is 20.3 Å². The van der Waals surface area contributed by atoms with Crippen molar-refractivity contribution >= 4 is 34.3 Å². The number of benzene rings is 2. The number of ether oxygens (including phenoxy) is 2. The van der Waals surface area contributed by atoms with Gasteiger partial charge in [-0.05, 0) is 38.1 Å². The summed E-state index contributed by atoms with van der Waals surface area (Å²) in [6.07, 6.45) is -0.883. The first-order valence-corrected chi connectivity index (χ1v) is 9.41. The van der Waals surface area contributed by atoms with Crippen LogP contribution in [0, 0.1) is 0 Å². The van der Waals surface area contributed by atoms with Crippen molar-refractivity contribution in [1.29, 1.82) is 0 Å². The molecule has 0 bridgehead atoms. The highest BCUT2D eigenvalue weighted by molar-refractivity contribution is 5.89. The van der Waals surface area contributed by atoms with Gasteiger partial charge in [0.15, 0.2) is 0 Å². The SMILES string of the molecule is CCOC(=O)n1c(Cc2nc3ccccc3n2C(=O)OCC)nc2ccccc21. The Morgan fingerprint density at radius 3 is 1.59 bits per heavy atom. The average Bonchev–Trinajstić information content (AvgIpc) is 3.26. The lowest BCUT2D eigenvalue weighted by atomic mass is 10.3. The van der Waals surface area contributed by atoms with Gasteiger partial charge in [0, 0.05) is 0 Å². The van der Waals surface area contributed by atoms with E-state index in [0.717, 1.165) is 0 Å². The standard InChI is InChI=1S/C21H20N4O4/c1-3-28-20(26)24-16-11-7-5-9-14(16)22-18(24)13-19-23-15-10-6-8-12-17(15)25(19)21(27)29-4-2/h5-12H,3-4,13H2,1-2H3. The zero-order valence-electron chi connectivity index (χ0n) is 16.2. The fourth-order valence-corrected chi connectivity index (χ4v) is 3.31. The molecule has 4 aromatic rings. The minimum Gasteiger partial charge on any atom is -0.449 e. The number of fused-ring (bicyclic) bond motifs is 2. The van der Waals surface area contributed by atoms with Crippen LogP contribution >= 0.6 is 0 Å². The first-order valence-electron chi connectivity index (χ1n) is 9.41. The van der Waals surface area contributed by atoms with Crippen LogP contribution in [0.2, 0.25) is 0 Å². The summed E-state index contributed by atoms with van der Waals surface area (Å²) in [7, 11) is 0. The summed E-state index contributed by atoms with van der Waals surface area (Å²) in [6.45, 7) is 3.98. The summed E-state index contributed by atoms with van der Waals surface area (Å²) in [5.74, 6) is 0.871. The fraction of sp³-hybridized carbons (Fsp3) is 0.238. The molecule has 0 aliphatic carbocycles. The zero-order chi connectivity index (χ0) is 20.4. The maximum absolute atomic E-state index is 12.6. The van der Waals surface area contributed by atoms with Crippen LogP contribution in [0.15, 0.2) is 48.5 Å². The topological polar surface area (TPSA) is 88.2 Å². The summed E-state index contributed by atoms with van der Waals surface area (Å²) in [4.78, 5) is 34.4. The number of carbonyl (C=O) groups excluding carboxylic acids is 2. The van der Waals surface area contributed by atoms with E-state index in [1.807, 2.05) is 36.4 Å². The van der Waals surface area contributed by atoms with Crippen molar-refractivity contribution in [2.24, 2.45) is 0 Å². The van der Waals surface area contributed by atoms with Crippen LogP contribution in [-0.2, 0) is 15.9 Å². The van der Waals surface area contributed by atoms with E-state index in [0.29, 0.717) is 33.7 Å². The molecule has 2 heterocycles. The molecule has 148 valence electrons. The minimum atomic E-state index is -0.519. The third kappa shape index (κ3) is 3.33. The number of carbonyl (C=O) groups is 2. The molecule has 0 aliphatic rings. The summed E-state index contributed by atoms with van der Waals surface area (Å²) in [5, 5.41) is 0. The molecule has 0 fully saturated rings. The predicted molar refractivity (Wildman–Crippen MR) is 107 cm³/mol. The first-order chi connectivity index (χ1) is 14.1. The maximum atomic E-state index is 12.6. The molecule has 0 aliphatic heterocycles. The van der Waals surface area contributed by atoms with Gasteiger partial charge >= 0.3 is 12.2 Å². The molecule has 0 atom stereocenters. The third-order valence-electron chi connectivity index (χ3n) is 4.48. The van der Waals surface area contributed by atoms with Crippen LogP contribution in [0.3, 0.4) is 0 Å². The molecule has 8 nitrogen and oxygen atoms in total. The van der Waals surface area contributed by atoms with E-state index in [1.54, 1.807) is 26.0 Å². The Labute approximate surface area is 166 Å². The summed E-state index contributed by atoms with van der Waals surface area (Å²) >= 11 is 0. The Kier molecular flexibility index (Phi) is 4.99. The summed E-state index contributed by atoms with van der Waals surface area (Å²) in [6, 6.07) is 14.6. The van der Waals surface area contributed by atoms with Gasteiger partial charge in [-0.1, -0.05) is 24.3 Å². The van der Waals surface area contributed by atoms with Crippen LogP contribution < -0.4 is 0 Å². The van der Waals surface area contributed by atoms with Gasteiger partial charge in [0.05, 0.1) is 41.7 Å². The largest absolute Gasteiger partial charge is 0.449 e. The van der Waals surface area contributed by atoms with E-state index in [4.69, 9.17) is 9.47 Å². The molecule has 8 heteroatoms. The Morgan fingerprint density at radius 2 is 1.17 bits per heavy atom. The van der Waals surface area contributed by atoms with Gasteiger partial charge in [-0.15, -0.1) is 0 Å². The van der Waals surface area contributed by atoms with Crippen LogP contribution in [0.4, 0.5) is 9.59 Å². The van der Waals surface area contributed by atoms with Gasteiger partial charge < -0.3 is 9.47 Å². The molecular formula is C21H20N4O4. The van der Waals surface area contributed by atoms with Crippen molar-refractivity contribution in [2.75, 3.05) is 13.2 Å². The number of rotatable bonds is 4. The molecule has 4 rings (SSSR count). The quantitative estimate of drug-likeness (QED) is 0.522. The van der Waals surface area contributed by atoms with Crippen molar-refractivity contribution in [3.8, 4) is 0 Å². The Hall–Kier alpha value is -3.68. The third-order valence-corrected chi connectivity index (χ3v) is 4.48. The second kappa shape index (κ2) is 7.75. The van der Waals surface area contributed by atoms with Crippen LogP contribution in [0.1, 0.15) is 25.5 Å². The van der Waals surface area contributed by atoms with Crippen LogP contribution in [0.25, 0.3) is 22.1 Å². The van der Waals surface area contributed by atoms with Crippen molar-refractivity contribution in [3.63, 3.8) is 0 Å². The van der Waals surface area contributed by atoms with E-state index in [1.165, 1.54) is 9.13 Å². The Bertz CT molecular complexity index is 1110. The second-order valence-corrected chi connectivity index (χ2v) is 6.28. The minimum absolute atomic E-state index is 0.154. The first kappa shape index (κ1) is 18.7. The number of imidazole rings is 2. The highest BCUT2D eigenvalue weighted by atomic mass is 16.6. The second-order valence-electron chi connectivity index (χ2n) is 6.28. The maximum Gasteiger partial charge on any atom is 0.419 e. The van der Waals surface area contributed by atoms with E-state index in [2.05, 4.69) is 9.97 Å². The molecule has 0 N–H and O–H groups in total. The fourth-order valence-electron chi connectivity index (χ4n) is 3.31. The van der Waals surface area contributed by atoms with Crippen molar-refractivity contribution in [1.82, 2.24) is 19.1 Å². The molecule has 29 heavy (non-hydrogen) atoms. The van der Waals surface area contributed by atoms with Crippen molar-refractivity contribution in [3.05, 3.63) is 60.2 Å². The monoisotopic (exact) mass is 392 g/mol. The van der Waals surface area contributed by atoms with Crippen LogP contribution in [0.5, 0.6) is 0 Å². The highest BCUT2D eigenvalue weighted by Crippen LogP contribution is 2.22. The number of hydrogen-bond donors (Lipinski definition) is 0. The van der Waals surface area contributed by atoms with Gasteiger partial charge in [-0.3, -0.25) is 0 Å². The zero-order valence-corrected chi connectivity index (χ0v) is 16.2. The summed E-state index contributed by atoms with van der Waals surface area (Å²) in [5.41, 5.74) is 2.60. The molecule has 0 saturated carbocycles. The van der Waals surface area contributed by atoms with Crippen molar-refractivity contribution < 1.29 is 19.1 Å². The molecule has 0 unspecified atom stereocenters. The number of nitrogens with zero attached hydrogens (tertiary/aromatic N) is 4. The molecule has 2 aromatic heterocycles. The van der Waals surface area contributed by atoms with Gasteiger partial charge in [-0.25, -0.2) is 28.7 Å². The lowest BCUT2D eigenvalue weighted by Gasteiger charge is -2.09. The average molecular weight is 392 g/mol. The van der Waals surface area contributed by atoms with E-state index in [-0.39, 0.29) is 19.6 Å². The lowest BCUT2D eigenvalue weighted by molar-refractivity contribution is 0.154. The Balaban J connectivity index is 1.86. The van der Waals surface area contributed by atoms with Gasteiger partial charge in [0.1, 0.15) is 11.6 Å². The van der Waals surface area contributed by atoms with Gasteiger partial charge in [-0.2, -0.15) is 0 Å². The molecule has 0 radical (unpaired) electrons. The summed E-state index contributed by atoms with van der Waals surface area (Å²) < 4.78 is 13.3. The molecule has 2 aromatic carbocycles. The predicted octanol–water partition coefficient (Wildman–Crippen LogP) is 3.99. The number of hydrogen-bond acceptors (Lipinski definition) is 6. The van der Waals surface area contributed by atoms with E-state index < -0.39 is 12.2 Å². The van der Waals surface area contributed by atoms with Gasteiger partial charge in [0.2, 0.25) is 0 Å². The van der Waals surface area contributed by atoms with Crippen LogP contribution in [-0.4, -0.2) is 44.5 Å². The highest BCUT2D eigenvalue weighted by Gasteiger charge is 2.23. The Morgan fingerprint density at radius 1 is 0.759 bits per heavy atom. The lowest BCUT2D eigenvalue weighted by Crippen LogP contribution is -2.20. The van der Waals surface area contributed by atoms with E-state index in [9.17, 15) is 9.59 Å².